The second-order valence-corrected chi connectivity index (χ2v) is 5.42. The summed E-state index contributed by atoms with van der Waals surface area (Å²) < 4.78 is 36.3. The summed E-state index contributed by atoms with van der Waals surface area (Å²) in [6.07, 6.45) is -0.172. The Morgan fingerprint density at radius 2 is 2.00 bits per heavy atom. The van der Waals surface area contributed by atoms with Gasteiger partial charge in [-0.1, -0.05) is 0 Å². The summed E-state index contributed by atoms with van der Waals surface area (Å²) in [5.41, 5.74) is 0. The summed E-state index contributed by atoms with van der Waals surface area (Å²) in [5, 5.41) is 5.23. The fourth-order valence-electron chi connectivity index (χ4n) is 2.32. The van der Waals surface area contributed by atoms with Gasteiger partial charge in [0.2, 0.25) is 0 Å². The van der Waals surface area contributed by atoms with Crippen LogP contribution in [0.2, 0.25) is 0 Å². The average Bonchev–Trinajstić information content (AvgIpc) is 2.99. The molecule has 2 amide bonds. The number of hydrogen-bond donors (Lipinski definition) is 2. The van der Waals surface area contributed by atoms with Crippen molar-refractivity contribution in [3.8, 4) is 0 Å². The van der Waals surface area contributed by atoms with Crippen LogP contribution in [-0.2, 0) is 0 Å². The molecule has 7 heteroatoms. The summed E-state index contributed by atoms with van der Waals surface area (Å²) in [5.74, 6) is 0.470. The Bertz CT molecular complexity index is 312. The van der Waals surface area contributed by atoms with Gasteiger partial charge in [-0.3, -0.25) is 0 Å². The van der Waals surface area contributed by atoms with Gasteiger partial charge in [0.1, 0.15) is 6.54 Å². The summed E-state index contributed by atoms with van der Waals surface area (Å²) >= 11 is 0. The Balaban J connectivity index is 1.82. The second-order valence-electron chi connectivity index (χ2n) is 5.42. The molecular weight excluding hydrogens is 259 g/mol. The first-order valence-corrected chi connectivity index (χ1v) is 6.77. The molecule has 1 aliphatic heterocycles. The molecule has 0 radical (unpaired) electrons. The minimum atomic E-state index is -4.35. The summed E-state index contributed by atoms with van der Waals surface area (Å²) in [6, 6.07) is -0.381. The molecule has 2 aliphatic rings. The lowest BCUT2D eigenvalue weighted by atomic mass is 10.2. The molecule has 2 N–H and O–H groups in total. The fraction of sp³-hybridized carbons (Fsp3) is 0.917. The molecule has 0 aromatic carbocycles. The van der Waals surface area contributed by atoms with Crippen molar-refractivity contribution in [1.29, 1.82) is 0 Å². The van der Waals surface area contributed by atoms with Gasteiger partial charge in [-0.25, -0.2) is 4.79 Å². The first-order valence-electron chi connectivity index (χ1n) is 6.77. The third-order valence-corrected chi connectivity index (χ3v) is 3.51. The number of urea groups is 1. The largest absolute Gasteiger partial charge is 0.405 e. The molecule has 1 aliphatic carbocycles. The molecule has 4 nitrogen and oxygen atoms in total. The Morgan fingerprint density at radius 1 is 1.26 bits per heavy atom. The van der Waals surface area contributed by atoms with Crippen LogP contribution in [0, 0.1) is 5.92 Å². The first-order chi connectivity index (χ1) is 8.94. The van der Waals surface area contributed by atoms with E-state index >= 15 is 0 Å². The van der Waals surface area contributed by atoms with E-state index in [2.05, 4.69) is 5.32 Å². The van der Waals surface area contributed by atoms with E-state index < -0.39 is 18.8 Å². The van der Waals surface area contributed by atoms with Crippen molar-refractivity contribution in [3.05, 3.63) is 0 Å². The van der Waals surface area contributed by atoms with Gasteiger partial charge in [-0.05, 0) is 38.1 Å². The molecule has 1 saturated heterocycles. The fourth-order valence-corrected chi connectivity index (χ4v) is 2.32. The van der Waals surface area contributed by atoms with E-state index in [1.165, 1.54) is 4.90 Å². The highest BCUT2D eigenvalue weighted by molar-refractivity contribution is 5.74. The summed E-state index contributed by atoms with van der Waals surface area (Å²) in [7, 11) is 0. The number of nitrogens with one attached hydrogen (secondary N) is 2. The molecule has 1 unspecified atom stereocenters. The van der Waals surface area contributed by atoms with Crippen LogP contribution >= 0.6 is 0 Å². The van der Waals surface area contributed by atoms with Crippen LogP contribution in [-0.4, -0.2) is 49.3 Å². The van der Waals surface area contributed by atoms with Crippen molar-refractivity contribution >= 4 is 6.03 Å². The Morgan fingerprint density at radius 3 is 2.53 bits per heavy atom. The minimum absolute atomic E-state index is 0.218. The van der Waals surface area contributed by atoms with E-state index in [0.29, 0.717) is 19.0 Å². The Hall–Kier alpha value is -0.980. The van der Waals surface area contributed by atoms with Crippen LogP contribution < -0.4 is 10.6 Å². The van der Waals surface area contributed by atoms with Crippen molar-refractivity contribution in [2.75, 3.05) is 26.2 Å². The van der Waals surface area contributed by atoms with Gasteiger partial charge in [0.25, 0.3) is 0 Å². The van der Waals surface area contributed by atoms with Crippen LogP contribution in [0.15, 0.2) is 0 Å². The first kappa shape index (κ1) is 14.4. The highest BCUT2D eigenvalue weighted by Gasteiger charge is 2.32. The van der Waals surface area contributed by atoms with Crippen molar-refractivity contribution in [1.82, 2.24) is 15.5 Å². The van der Waals surface area contributed by atoms with Gasteiger partial charge in [0.05, 0.1) is 0 Å². The average molecular weight is 279 g/mol. The van der Waals surface area contributed by atoms with Crippen molar-refractivity contribution in [2.24, 2.45) is 5.92 Å². The normalized spacial score (nSPS) is 23.4. The highest BCUT2D eigenvalue weighted by Crippen LogP contribution is 2.30. The van der Waals surface area contributed by atoms with Gasteiger partial charge >= 0.3 is 12.2 Å². The second kappa shape index (κ2) is 5.98. The smallest absolute Gasteiger partial charge is 0.329 e. The number of rotatable bonds is 5. The highest BCUT2D eigenvalue weighted by atomic mass is 19.4. The van der Waals surface area contributed by atoms with Crippen LogP contribution in [0.5, 0.6) is 0 Å². The van der Waals surface area contributed by atoms with E-state index in [4.69, 9.17) is 0 Å². The molecule has 2 fully saturated rings. The number of carbonyl (C=O) groups excluding carboxylic acids is 1. The third kappa shape index (κ3) is 5.26. The summed E-state index contributed by atoms with van der Waals surface area (Å²) in [4.78, 5) is 13.4. The quantitative estimate of drug-likeness (QED) is 0.805. The molecule has 0 aromatic heterocycles. The predicted octanol–water partition coefficient (Wildman–Crippen LogP) is 1.72. The number of carbonyl (C=O) groups is 1. The lowest BCUT2D eigenvalue weighted by Crippen LogP contribution is -2.48. The number of hydrogen-bond acceptors (Lipinski definition) is 2. The SMILES string of the molecule is O=C(NCC(F)(F)F)N(CC1CC1)CC1CCCN1. The number of halogens is 3. The maximum absolute atomic E-state index is 12.1. The van der Waals surface area contributed by atoms with Crippen molar-refractivity contribution in [2.45, 2.75) is 37.9 Å². The van der Waals surface area contributed by atoms with Gasteiger partial charge in [0.15, 0.2) is 0 Å². The van der Waals surface area contributed by atoms with Crippen molar-refractivity contribution in [3.63, 3.8) is 0 Å². The van der Waals surface area contributed by atoms with Crippen LogP contribution in [0.3, 0.4) is 0 Å². The van der Waals surface area contributed by atoms with Crippen LogP contribution in [0.25, 0.3) is 0 Å². The molecular formula is C12H20F3N3O. The Kier molecular flexibility index (Phi) is 4.54. The van der Waals surface area contributed by atoms with Gasteiger partial charge in [0, 0.05) is 19.1 Å². The maximum atomic E-state index is 12.1. The van der Waals surface area contributed by atoms with Gasteiger partial charge < -0.3 is 15.5 Å². The molecule has 1 heterocycles. The van der Waals surface area contributed by atoms with Crippen LogP contribution in [0.4, 0.5) is 18.0 Å². The molecule has 0 aromatic rings. The zero-order chi connectivity index (χ0) is 13.9. The minimum Gasteiger partial charge on any atom is -0.329 e. The monoisotopic (exact) mass is 279 g/mol. The third-order valence-electron chi connectivity index (χ3n) is 3.51. The lowest BCUT2D eigenvalue weighted by molar-refractivity contribution is -0.123. The molecule has 110 valence electrons. The molecule has 2 rings (SSSR count). The maximum Gasteiger partial charge on any atom is 0.405 e. The van der Waals surface area contributed by atoms with Crippen molar-refractivity contribution < 1.29 is 18.0 Å². The number of amides is 2. The predicted molar refractivity (Wildman–Crippen MR) is 64.8 cm³/mol. The summed E-state index contributed by atoms with van der Waals surface area (Å²) in [6.45, 7) is 0.735. The molecule has 1 saturated carbocycles. The molecule has 1 atom stereocenters. The van der Waals surface area contributed by atoms with Gasteiger partial charge in [-0.15, -0.1) is 0 Å². The van der Waals surface area contributed by atoms with Gasteiger partial charge in [-0.2, -0.15) is 13.2 Å². The molecule has 0 spiro atoms. The van der Waals surface area contributed by atoms with E-state index in [1.54, 1.807) is 0 Å². The lowest BCUT2D eigenvalue weighted by Gasteiger charge is -2.26. The van der Waals surface area contributed by atoms with Crippen LogP contribution in [0.1, 0.15) is 25.7 Å². The van der Waals surface area contributed by atoms with E-state index in [-0.39, 0.29) is 6.04 Å². The molecule has 19 heavy (non-hydrogen) atoms. The topological polar surface area (TPSA) is 44.4 Å². The van der Waals surface area contributed by atoms with E-state index in [9.17, 15) is 18.0 Å². The standard InChI is InChI=1S/C12H20F3N3O/c13-12(14,15)8-17-11(19)18(6-9-3-4-9)7-10-2-1-5-16-10/h9-10,16H,1-8H2,(H,17,19). The molecule has 0 bridgehead atoms. The zero-order valence-electron chi connectivity index (χ0n) is 10.8. The number of alkyl halides is 3. The van der Waals surface area contributed by atoms with E-state index in [1.807, 2.05) is 5.32 Å². The zero-order valence-corrected chi connectivity index (χ0v) is 10.8. The van der Waals surface area contributed by atoms with E-state index in [0.717, 1.165) is 32.2 Å². The Labute approximate surface area is 110 Å². The number of nitrogens with zero attached hydrogens (tertiary/aromatic N) is 1.